The monoisotopic (exact) mass is 193 g/mol. The van der Waals surface area contributed by atoms with E-state index in [2.05, 4.69) is 5.10 Å². The lowest BCUT2D eigenvalue weighted by Gasteiger charge is -1.96. The molecule has 2 N–H and O–H groups in total. The van der Waals surface area contributed by atoms with Crippen LogP contribution in [0, 0.1) is 0 Å². The molecular formula is C9H11N3O2. The fourth-order valence-electron chi connectivity index (χ4n) is 1.09. The van der Waals surface area contributed by atoms with Crippen molar-refractivity contribution < 1.29 is 9.15 Å². The molecule has 2 aromatic heterocycles. The normalized spacial score (nSPS) is 10.4. The van der Waals surface area contributed by atoms with Crippen LogP contribution < -0.4 is 10.5 Å². The zero-order chi connectivity index (χ0) is 9.80. The number of aromatic nitrogens is 2. The van der Waals surface area contributed by atoms with Crippen LogP contribution in [-0.4, -0.2) is 16.3 Å². The molecule has 5 heteroatoms. The highest BCUT2D eigenvalue weighted by molar-refractivity contribution is 5.19. The molecule has 74 valence electrons. The standard InChI is InChI=1S/C9H11N3O2/c10-3-4-12-7-8(6-11-12)14-9-2-1-5-13-9/h1-2,5-7H,3-4,10H2. The maximum absolute atomic E-state index is 5.39. The van der Waals surface area contributed by atoms with Gasteiger partial charge in [0.1, 0.15) is 0 Å². The molecule has 0 aliphatic carbocycles. The summed E-state index contributed by atoms with van der Waals surface area (Å²) in [6.45, 7) is 1.24. The fourth-order valence-corrected chi connectivity index (χ4v) is 1.09. The molecule has 0 spiro atoms. The van der Waals surface area contributed by atoms with Crippen molar-refractivity contribution in [1.82, 2.24) is 9.78 Å². The summed E-state index contributed by atoms with van der Waals surface area (Å²) in [5.74, 6) is 1.10. The second-order valence-electron chi connectivity index (χ2n) is 2.76. The molecule has 0 unspecified atom stereocenters. The van der Waals surface area contributed by atoms with Crippen molar-refractivity contribution >= 4 is 0 Å². The van der Waals surface area contributed by atoms with Crippen LogP contribution in [0.5, 0.6) is 11.7 Å². The molecule has 14 heavy (non-hydrogen) atoms. The summed E-state index contributed by atoms with van der Waals surface area (Å²) in [5.41, 5.74) is 5.39. The number of rotatable bonds is 4. The minimum Gasteiger partial charge on any atom is -0.434 e. The highest BCUT2D eigenvalue weighted by atomic mass is 16.6. The van der Waals surface area contributed by atoms with Crippen molar-refractivity contribution in [3.05, 3.63) is 30.8 Å². The summed E-state index contributed by atoms with van der Waals surface area (Å²) in [5, 5.41) is 4.06. The average molecular weight is 193 g/mol. The van der Waals surface area contributed by atoms with Crippen LogP contribution in [0.3, 0.4) is 0 Å². The number of hydrogen-bond donors (Lipinski definition) is 1. The molecule has 0 saturated heterocycles. The quantitative estimate of drug-likeness (QED) is 0.793. The number of hydrogen-bond acceptors (Lipinski definition) is 4. The molecule has 0 aliphatic rings. The van der Waals surface area contributed by atoms with Gasteiger partial charge in [0, 0.05) is 12.6 Å². The smallest absolute Gasteiger partial charge is 0.289 e. The molecule has 0 atom stereocenters. The largest absolute Gasteiger partial charge is 0.434 e. The Morgan fingerprint density at radius 3 is 3.21 bits per heavy atom. The molecule has 0 aromatic carbocycles. The maximum atomic E-state index is 5.39. The van der Waals surface area contributed by atoms with E-state index in [1.54, 1.807) is 35.5 Å². The molecular weight excluding hydrogens is 182 g/mol. The topological polar surface area (TPSA) is 66.2 Å². The molecule has 0 bridgehead atoms. The predicted octanol–water partition coefficient (Wildman–Crippen LogP) is 1.23. The molecule has 0 amide bonds. The first-order valence-corrected chi connectivity index (χ1v) is 4.32. The molecule has 0 saturated carbocycles. The van der Waals surface area contributed by atoms with Crippen LogP contribution in [0.1, 0.15) is 0 Å². The van der Waals surface area contributed by atoms with E-state index in [1.165, 1.54) is 0 Å². The van der Waals surface area contributed by atoms with Crippen molar-refractivity contribution in [2.45, 2.75) is 6.54 Å². The highest BCUT2D eigenvalue weighted by Crippen LogP contribution is 2.20. The maximum Gasteiger partial charge on any atom is 0.289 e. The molecule has 0 radical (unpaired) electrons. The van der Waals surface area contributed by atoms with E-state index < -0.39 is 0 Å². The summed E-state index contributed by atoms with van der Waals surface area (Å²) in [6, 6.07) is 3.50. The van der Waals surface area contributed by atoms with E-state index >= 15 is 0 Å². The summed E-state index contributed by atoms with van der Waals surface area (Å²) in [6.07, 6.45) is 4.95. The zero-order valence-corrected chi connectivity index (χ0v) is 7.59. The Labute approximate surface area is 81.1 Å². The molecule has 2 aromatic rings. The Bertz CT molecular complexity index is 380. The third-order valence-electron chi connectivity index (χ3n) is 1.68. The van der Waals surface area contributed by atoms with E-state index in [0.29, 0.717) is 24.8 Å². The van der Waals surface area contributed by atoms with Gasteiger partial charge in [0.15, 0.2) is 5.75 Å². The van der Waals surface area contributed by atoms with Crippen LogP contribution in [-0.2, 0) is 6.54 Å². The van der Waals surface area contributed by atoms with Crippen molar-refractivity contribution in [2.75, 3.05) is 6.54 Å². The van der Waals surface area contributed by atoms with Crippen LogP contribution >= 0.6 is 0 Å². The second-order valence-corrected chi connectivity index (χ2v) is 2.76. The van der Waals surface area contributed by atoms with Crippen LogP contribution in [0.4, 0.5) is 0 Å². The summed E-state index contributed by atoms with van der Waals surface area (Å²) in [4.78, 5) is 0. The minimum absolute atomic E-state index is 0.456. The lowest BCUT2D eigenvalue weighted by atomic mass is 10.6. The summed E-state index contributed by atoms with van der Waals surface area (Å²) in [7, 11) is 0. The Morgan fingerprint density at radius 2 is 2.50 bits per heavy atom. The fraction of sp³-hybridized carbons (Fsp3) is 0.222. The Kier molecular flexibility index (Phi) is 2.51. The van der Waals surface area contributed by atoms with E-state index in [1.807, 2.05) is 0 Å². The summed E-state index contributed by atoms with van der Waals surface area (Å²) >= 11 is 0. The van der Waals surface area contributed by atoms with Crippen LogP contribution in [0.25, 0.3) is 0 Å². The van der Waals surface area contributed by atoms with Gasteiger partial charge in [-0.2, -0.15) is 5.10 Å². The van der Waals surface area contributed by atoms with E-state index in [4.69, 9.17) is 14.9 Å². The van der Waals surface area contributed by atoms with Crippen molar-refractivity contribution in [1.29, 1.82) is 0 Å². The Hall–Kier alpha value is -1.75. The van der Waals surface area contributed by atoms with Crippen molar-refractivity contribution in [2.24, 2.45) is 5.73 Å². The lowest BCUT2D eigenvalue weighted by molar-refractivity contribution is 0.346. The van der Waals surface area contributed by atoms with Gasteiger partial charge in [-0.1, -0.05) is 0 Å². The van der Waals surface area contributed by atoms with Gasteiger partial charge in [-0.05, 0) is 6.07 Å². The van der Waals surface area contributed by atoms with Crippen molar-refractivity contribution in [3.63, 3.8) is 0 Å². The number of nitrogens with zero attached hydrogens (tertiary/aromatic N) is 2. The third-order valence-corrected chi connectivity index (χ3v) is 1.68. The van der Waals surface area contributed by atoms with Gasteiger partial charge in [-0.25, -0.2) is 0 Å². The van der Waals surface area contributed by atoms with Crippen LogP contribution in [0.2, 0.25) is 0 Å². The summed E-state index contributed by atoms with van der Waals surface area (Å²) < 4.78 is 12.1. The zero-order valence-electron chi connectivity index (χ0n) is 7.59. The van der Waals surface area contributed by atoms with Gasteiger partial charge in [0.05, 0.1) is 25.2 Å². The van der Waals surface area contributed by atoms with Gasteiger partial charge in [0.2, 0.25) is 0 Å². The minimum atomic E-state index is 0.456. The van der Waals surface area contributed by atoms with Gasteiger partial charge in [-0.3, -0.25) is 4.68 Å². The number of ether oxygens (including phenoxy) is 1. The number of furan rings is 1. The molecule has 5 nitrogen and oxygen atoms in total. The Balaban J connectivity index is 2.03. The lowest BCUT2D eigenvalue weighted by Crippen LogP contribution is -2.09. The average Bonchev–Trinajstić information content (AvgIpc) is 2.79. The first-order valence-electron chi connectivity index (χ1n) is 4.32. The van der Waals surface area contributed by atoms with Gasteiger partial charge in [-0.15, -0.1) is 0 Å². The van der Waals surface area contributed by atoms with Crippen LogP contribution in [0.15, 0.2) is 35.2 Å². The van der Waals surface area contributed by atoms with Gasteiger partial charge < -0.3 is 14.9 Å². The van der Waals surface area contributed by atoms with Crippen molar-refractivity contribution in [3.8, 4) is 11.7 Å². The molecule has 0 fully saturated rings. The van der Waals surface area contributed by atoms with E-state index in [0.717, 1.165) is 0 Å². The Morgan fingerprint density at radius 1 is 1.57 bits per heavy atom. The van der Waals surface area contributed by atoms with Gasteiger partial charge >= 0.3 is 0 Å². The molecule has 2 rings (SSSR count). The molecule has 0 aliphatic heterocycles. The molecule has 2 heterocycles. The van der Waals surface area contributed by atoms with Gasteiger partial charge in [0.25, 0.3) is 5.95 Å². The predicted molar refractivity (Wildman–Crippen MR) is 50.1 cm³/mol. The van der Waals surface area contributed by atoms with E-state index in [-0.39, 0.29) is 0 Å². The highest BCUT2D eigenvalue weighted by Gasteiger charge is 2.01. The first kappa shape index (κ1) is 8.83. The second kappa shape index (κ2) is 3.97. The van der Waals surface area contributed by atoms with E-state index in [9.17, 15) is 0 Å². The third kappa shape index (κ3) is 1.94. The number of nitrogens with two attached hydrogens (primary N) is 1. The first-order chi connectivity index (χ1) is 6.88. The SMILES string of the molecule is NCCn1cc(Oc2ccco2)cn1.